The van der Waals surface area contributed by atoms with Crippen LogP contribution in [0.2, 0.25) is 0 Å². The summed E-state index contributed by atoms with van der Waals surface area (Å²) < 4.78 is 37.3. The van der Waals surface area contributed by atoms with Gasteiger partial charge >= 0.3 is 6.18 Å². The van der Waals surface area contributed by atoms with Gasteiger partial charge in [0.1, 0.15) is 0 Å². The van der Waals surface area contributed by atoms with Crippen molar-refractivity contribution in [2.24, 2.45) is 5.92 Å². The smallest absolute Gasteiger partial charge is 0.260 e. The Hall–Kier alpha value is -1.06. The number of nitrogens with zero attached hydrogens (tertiary/aromatic N) is 1. The van der Waals surface area contributed by atoms with E-state index in [2.05, 4.69) is 4.98 Å². The van der Waals surface area contributed by atoms with E-state index >= 15 is 0 Å². The first kappa shape index (κ1) is 13.0. The summed E-state index contributed by atoms with van der Waals surface area (Å²) >= 11 is 0. The lowest BCUT2D eigenvalue weighted by Crippen LogP contribution is -2.11. The molecule has 0 saturated heterocycles. The molecule has 0 aliphatic heterocycles. The van der Waals surface area contributed by atoms with Gasteiger partial charge in [-0.2, -0.15) is 13.2 Å². The summed E-state index contributed by atoms with van der Waals surface area (Å²) in [6.45, 7) is 7.72. The number of pyridine rings is 1. The third-order valence-electron chi connectivity index (χ3n) is 2.88. The average Bonchev–Trinajstić information content (AvgIpc) is 2.15. The standard InChI is InChI=1S/C12H16F3N/c1-7(2)9(4)11-8(3)5-10(6-16-11)12(13,14)15/h5-7,9H,1-4H3/t9-/m1/s1. The molecule has 1 nitrogen and oxygen atoms in total. The summed E-state index contributed by atoms with van der Waals surface area (Å²) in [6.07, 6.45) is -3.39. The quantitative estimate of drug-likeness (QED) is 0.744. The number of aromatic nitrogens is 1. The van der Waals surface area contributed by atoms with Crippen molar-refractivity contribution < 1.29 is 13.2 Å². The minimum atomic E-state index is -4.31. The molecular weight excluding hydrogens is 215 g/mol. The number of hydrogen-bond donors (Lipinski definition) is 0. The van der Waals surface area contributed by atoms with Crippen molar-refractivity contribution in [2.45, 2.75) is 39.8 Å². The van der Waals surface area contributed by atoms with Crippen molar-refractivity contribution >= 4 is 0 Å². The third-order valence-corrected chi connectivity index (χ3v) is 2.88. The maximum absolute atomic E-state index is 12.4. The molecule has 0 radical (unpaired) electrons. The second kappa shape index (κ2) is 4.44. The lowest BCUT2D eigenvalue weighted by molar-refractivity contribution is -0.137. The van der Waals surface area contributed by atoms with Crippen molar-refractivity contribution in [1.82, 2.24) is 4.98 Å². The number of rotatable bonds is 2. The predicted octanol–water partition coefficient (Wildman–Crippen LogP) is 4.17. The highest BCUT2D eigenvalue weighted by Gasteiger charge is 2.31. The van der Waals surface area contributed by atoms with Crippen LogP contribution >= 0.6 is 0 Å². The van der Waals surface area contributed by atoms with E-state index < -0.39 is 11.7 Å². The fourth-order valence-corrected chi connectivity index (χ4v) is 1.53. The fraction of sp³-hybridized carbons (Fsp3) is 0.583. The first-order chi connectivity index (χ1) is 7.23. The predicted molar refractivity (Wildman–Crippen MR) is 57.2 cm³/mol. The van der Waals surface area contributed by atoms with Crippen molar-refractivity contribution in [3.63, 3.8) is 0 Å². The van der Waals surface area contributed by atoms with Crippen LogP contribution < -0.4 is 0 Å². The monoisotopic (exact) mass is 231 g/mol. The molecule has 0 fully saturated rings. The minimum Gasteiger partial charge on any atom is -0.260 e. The Morgan fingerprint density at radius 2 is 1.75 bits per heavy atom. The number of hydrogen-bond acceptors (Lipinski definition) is 1. The highest BCUT2D eigenvalue weighted by Crippen LogP contribution is 2.32. The van der Waals surface area contributed by atoms with E-state index in [9.17, 15) is 13.2 Å². The van der Waals surface area contributed by atoms with Crippen LogP contribution in [0.15, 0.2) is 12.3 Å². The van der Waals surface area contributed by atoms with Crippen LogP contribution in [0.25, 0.3) is 0 Å². The Balaban J connectivity index is 3.10. The maximum Gasteiger partial charge on any atom is 0.417 e. The van der Waals surface area contributed by atoms with E-state index in [0.717, 1.165) is 11.9 Å². The second-order valence-electron chi connectivity index (χ2n) is 4.46. The van der Waals surface area contributed by atoms with Gasteiger partial charge in [-0.1, -0.05) is 20.8 Å². The zero-order valence-electron chi connectivity index (χ0n) is 9.89. The Labute approximate surface area is 93.7 Å². The number of halogens is 3. The lowest BCUT2D eigenvalue weighted by atomic mass is 9.91. The first-order valence-corrected chi connectivity index (χ1v) is 5.27. The van der Waals surface area contributed by atoms with Gasteiger partial charge in [0.25, 0.3) is 0 Å². The molecule has 0 spiro atoms. The van der Waals surface area contributed by atoms with Crippen LogP contribution in [0, 0.1) is 12.8 Å². The SMILES string of the molecule is Cc1cc(C(F)(F)F)cnc1[C@H](C)C(C)C. The summed E-state index contributed by atoms with van der Waals surface area (Å²) in [5.74, 6) is 0.533. The minimum absolute atomic E-state index is 0.169. The molecule has 1 aromatic rings. The van der Waals surface area contributed by atoms with Crippen molar-refractivity contribution in [3.8, 4) is 0 Å². The molecule has 0 amide bonds. The maximum atomic E-state index is 12.4. The van der Waals surface area contributed by atoms with Gasteiger partial charge in [0, 0.05) is 17.8 Å². The second-order valence-corrected chi connectivity index (χ2v) is 4.46. The van der Waals surface area contributed by atoms with E-state index in [4.69, 9.17) is 0 Å². The molecule has 0 bridgehead atoms. The van der Waals surface area contributed by atoms with Crippen LogP contribution in [0.1, 0.15) is 43.5 Å². The van der Waals surface area contributed by atoms with E-state index in [-0.39, 0.29) is 5.92 Å². The highest BCUT2D eigenvalue weighted by molar-refractivity contribution is 5.28. The first-order valence-electron chi connectivity index (χ1n) is 5.27. The van der Waals surface area contributed by atoms with Crippen molar-refractivity contribution in [3.05, 3.63) is 29.1 Å². The van der Waals surface area contributed by atoms with Crippen LogP contribution in [0.4, 0.5) is 13.2 Å². The average molecular weight is 231 g/mol. The number of aryl methyl sites for hydroxylation is 1. The van der Waals surface area contributed by atoms with Crippen LogP contribution in [0.5, 0.6) is 0 Å². The zero-order chi connectivity index (χ0) is 12.5. The van der Waals surface area contributed by atoms with Crippen molar-refractivity contribution in [2.75, 3.05) is 0 Å². The van der Waals surface area contributed by atoms with Gasteiger partial charge in [0.15, 0.2) is 0 Å². The Kier molecular flexibility index (Phi) is 3.61. The van der Waals surface area contributed by atoms with E-state index in [0.29, 0.717) is 11.5 Å². The highest BCUT2D eigenvalue weighted by atomic mass is 19.4. The Bertz CT molecular complexity index is 369. The molecule has 0 saturated carbocycles. The summed E-state index contributed by atoms with van der Waals surface area (Å²) in [4.78, 5) is 3.95. The normalized spacial score (nSPS) is 14.2. The molecule has 1 atom stereocenters. The Morgan fingerprint density at radius 1 is 1.19 bits per heavy atom. The molecule has 1 aromatic heterocycles. The van der Waals surface area contributed by atoms with Crippen molar-refractivity contribution in [1.29, 1.82) is 0 Å². The molecule has 1 rings (SSSR count). The number of alkyl halides is 3. The largest absolute Gasteiger partial charge is 0.417 e. The molecule has 0 aliphatic carbocycles. The molecule has 0 N–H and O–H groups in total. The summed E-state index contributed by atoms with van der Waals surface area (Å²) in [7, 11) is 0. The van der Waals surface area contributed by atoms with Crippen LogP contribution in [-0.4, -0.2) is 4.98 Å². The van der Waals surface area contributed by atoms with E-state index in [1.807, 2.05) is 20.8 Å². The molecular formula is C12H16F3N. The topological polar surface area (TPSA) is 12.9 Å². The lowest BCUT2D eigenvalue weighted by Gasteiger charge is -2.18. The van der Waals surface area contributed by atoms with Gasteiger partial charge in [-0.25, -0.2) is 0 Å². The summed E-state index contributed by atoms with van der Waals surface area (Å²) in [5, 5.41) is 0. The van der Waals surface area contributed by atoms with Gasteiger partial charge in [-0.05, 0) is 24.5 Å². The summed E-state index contributed by atoms with van der Waals surface area (Å²) in [6, 6.07) is 1.17. The van der Waals surface area contributed by atoms with Gasteiger partial charge in [0.2, 0.25) is 0 Å². The fourth-order valence-electron chi connectivity index (χ4n) is 1.53. The van der Waals surface area contributed by atoms with Gasteiger partial charge in [-0.3, -0.25) is 4.98 Å². The van der Waals surface area contributed by atoms with Gasteiger partial charge in [0.05, 0.1) is 5.56 Å². The molecule has 0 aromatic carbocycles. The molecule has 1 heterocycles. The van der Waals surface area contributed by atoms with Gasteiger partial charge < -0.3 is 0 Å². The third kappa shape index (κ3) is 2.74. The summed E-state index contributed by atoms with van der Waals surface area (Å²) in [5.41, 5.74) is 0.684. The van der Waals surface area contributed by atoms with Crippen LogP contribution in [-0.2, 0) is 6.18 Å². The Morgan fingerprint density at radius 3 is 2.12 bits per heavy atom. The molecule has 0 aliphatic rings. The van der Waals surface area contributed by atoms with E-state index in [1.54, 1.807) is 6.92 Å². The molecule has 16 heavy (non-hydrogen) atoms. The van der Waals surface area contributed by atoms with Crippen LogP contribution in [0.3, 0.4) is 0 Å². The van der Waals surface area contributed by atoms with E-state index in [1.165, 1.54) is 6.07 Å². The van der Waals surface area contributed by atoms with Gasteiger partial charge in [-0.15, -0.1) is 0 Å². The molecule has 90 valence electrons. The molecule has 0 unspecified atom stereocenters. The zero-order valence-corrected chi connectivity index (χ0v) is 9.89. The molecule has 4 heteroatoms.